The predicted molar refractivity (Wildman–Crippen MR) is 52.5 cm³/mol. The molecule has 0 saturated carbocycles. The number of nitrogens with two attached hydrogens (primary N) is 1. The van der Waals surface area contributed by atoms with E-state index in [4.69, 9.17) is 5.73 Å². The second-order valence-corrected chi connectivity index (χ2v) is 3.07. The van der Waals surface area contributed by atoms with Gasteiger partial charge >= 0.3 is 0 Å². The quantitative estimate of drug-likeness (QED) is 0.751. The summed E-state index contributed by atoms with van der Waals surface area (Å²) in [5, 5.41) is 4.24. The van der Waals surface area contributed by atoms with Crippen molar-refractivity contribution in [3.63, 3.8) is 0 Å². The lowest BCUT2D eigenvalue weighted by Crippen LogP contribution is -2.02. The van der Waals surface area contributed by atoms with Crippen molar-refractivity contribution in [2.24, 2.45) is 0 Å². The molecule has 2 N–H and O–H groups in total. The van der Waals surface area contributed by atoms with Crippen LogP contribution in [0.2, 0.25) is 0 Å². The van der Waals surface area contributed by atoms with Crippen LogP contribution in [0, 0.1) is 6.92 Å². The largest absolute Gasteiger partial charge is 0.396 e. The highest BCUT2D eigenvalue weighted by molar-refractivity contribution is 5.39. The predicted octanol–water partition coefficient (Wildman–Crippen LogP) is 0.612. The van der Waals surface area contributed by atoms with E-state index in [0.717, 1.165) is 11.4 Å². The summed E-state index contributed by atoms with van der Waals surface area (Å²) in [5.41, 5.74) is 8.15. The molecular formula is C9H11N5. The molecule has 0 aliphatic rings. The van der Waals surface area contributed by atoms with Crippen molar-refractivity contribution < 1.29 is 0 Å². The van der Waals surface area contributed by atoms with Crippen molar-refractivity contribution in [3.05, 3.63) is 36.2 Å². The molecular weight excluding hydrogens is 178 g/mol. The molecule has 5 nitrogen and oxygen atoms in total. The fourth-order valence-electron chi connectivity index (χ4n) is 1.19. The van der Waals surface area contributed by atoms with Gasteiger partial charge in [-0.05, 0) is 13.0 Å². The number of aromatic nitrogens is 4. The third-order valence-electron chi connectivity index (χ3n) is 1.95. The SMILES string of the molecule is Cc1nn(Cc2ccncn2)cc1N. The molecule has 14 heavy (non-hydrogen) atoms. The summed E-state index contributed by atoms with van der Waals surface area (Å²) in [6.07, 6.45) is 5.04. The second kappa shape index (κ2) is 3.45. The minimum absolute atomic E-state index is 0.626. The zero-order valence-electron chi connectivity index (χ0n) is 7.88. The Kier molecular flexibility index (Phi) is 2.14. The van der Waals surface area contributed by atoms with Gasteiger partial charge in [-0.25, -0.2) is 9.97 Å². The van der Waals surface area contributed by atoms with Gasteiger partial charge in [-0.2, -0.15) is 5.10 Å². The summed E-state index contributed by atoms with van der Waals surface area (Å²) in [4.78, 5) is 7.94. The van der Waals surface area contributed by atoms with Crippen LogP contribution in [0.5, 0.6) is 0 Å². The second-order valence-electron chi connectivity index (χ2n) is 3.07. The van der Waals surface area contributed by atoms with Crippen LogP contribution in [0.4, 0.5) is 5.69 Å². The van der Waals surface area contributed by atoms with Crippen LogP contribution in [-0.4, -0.2) is 19.7 Å². The van der Waals surface area contributed by atoms with Gasteiger partial charge in [-0.1, -0.05) is 0 Å². The maximum atomic E-state index is 5.68. The summed E-state index contributed by atoms with van der Waals surface area (Å²) in [7, 11) is 0. The van der Waals surface area contributed by atoms with Crippen molar-refractivity contribution in [1.29, 1.82) is 0 Å². The minimum Gasteiger partial charge on any atom is -0.396 e. The summed E-state index contributed by atoms with van der Waals surface area (Å²) in [6, 6.07) is 1.85. The molecule has 0 spiro atoms. The van der Waals surface area contributed by atoms with E-state index in [2.05, 4.69) is 15.1 Å². The van der Waals surface area contributed by atoms with E-state index < -0.39 is 0 Å². The Morgan fingerprint density at radius 3 is 2.93 bits per heavy atom. The topological polar surface area (TPSA) is 69.6 Å². The number of nitrogens with zero attached hydrogens (tertiary/aromatic N) is 4. The first-order valence-corrected chi connectivity index (χ1v) is 4.30. The van der Waals surface area contributed by atoms with Crippen molar-refractivity contribution in [2.75, 3.05) is 5.73 Å². The van der Waals surface area contributed by atoms with E-state index in [9.17, 15) is 0 Å². The van der Waals surface area contributed by atoms with Crippen LogP contribution >= 0.6 is 0 Å². The highest BCUT2D eigenvalue weighted by Crippen LogP contribution is 2.07. The maximum absolute atomic E-state index is 5.68. The van der Waals surface area contributed by atoms with Gasteiger partial charge in [0, 0.05) is 12.4 Å². The lowest BCUT2D eigenvalue weighted by molar-refractivity contribution is 0.664. The molecule has 0 unspecified atom stereocenters. The van der Waals surface area contributed by atoms with Gasteiger partial charge in [-0.3, -0.25) is 4.68 Å². The Labute approximate surface area is 81.6 Å². The first-order valence-electron chi connectivity index (χ1n) is 4.30. The monoisotopic (exact) mass is 189 g/mol. The first-order chi connectivity index (χ1) is 6.75. The number of hydrogen-bond acceptors (Lipinski definition) is 4. The molecule has 2 aromatic heterocycles. The van der Waals surface area contributed by atoms with Crippen LogP contribution in [-0.2, 0) is 6.54 Å². The lowest BCUT2D eigenvalue weighted by atomic mass is 10.4. The van der Waals surface area contributed by atoms with Crippen LogP contribution in [0.15, 0.2) is 24.8 Å². The molecule has 72 valence electrons. The number of aryl methyl sites for hydroxylation is 1. The van der Waals surface area contributed by atoms with E-state index in [1.807, 2.05) is 13.0 Å². The van der Waals surface area contributed by atoms with Crippen molar-refractivity contribution in [1.82, 2.24) is 19.7 Å². The van der Waals surface area contributed by atoms with Gasteiger partial charge in [-0.15, -0.1) is 0 Å². The molecule has 0 saturated heterocycles. The Bertz CT molecular complexity index is 401. The smallest absolute Gasteiger partial charge is 0.115 e. The van der Waals surface area contributed by atoms with Gasteiger partial charge in [0.25, 0.3) is 0 Å². The Morgan fingerprint density at radius 1 is 1.50 bits per heavy atom. The summed E-state index contributed by atoms with van der Waals surface area (Å²) < 4.78 is 1.77. The molecule has 5 heteroatoms. The lowest BCUT2D eigenvalue weighted by Gasteiger charge is -1.98. The fraction of sp³-hybridized carbons (Fsp3) is 0.222. The van der Waals surface area contributed by atoms with E-state index >= 15 is 0 Å². The molecule has 2 rings (SSSR count). The van der Waals surface area contributed by atoms with Gasteiger partial charge in [0.05, 0.1) is 23.6 Å². The van der Waals surface area contributed by atoms with Crippen molar-refractivity contribution in [3.8, 4) is 0 Å². The highest BCUT2D eigenvalue weighted by atomic mass is 15.3. The molecule has 0 radical (unpaired) electrons. The average molecular weight is 189 g/mol. The molecule has 0 aliphatic heterocycles. The van der Waals surface area contributed by atoms with Gasteiger partial charge < -0.3 is 5.73 Å². The third kappa shape index (κ3) is 1.71. The molecule has 0 atom stereocenters. The van der Waals surface area contributed by atoms with Gasteiger partial charge in [0.2, 0.25) is 0 Å². The van der Waals surface area contributed by atoms with Crippen LogP contribution in [0.25, 0.3) is 0 Å². The summed E-state index contributed by atoms with van der Waals surface area (Å²) in [5.74, 6) is 0. The first kappa shape index (κ1) is 8.68. The molecule has 0 amide bonds. The van der Waals surface area contributed by atoms with Gasteiger partial charge in [0.15, 0.2) is 0 Å². The fourth-order valence-corrected chi connectivity index (χ4v) is 1.19. The zero-order valence-corrected chi connectivity index (χ0v) is 7.88. The van der Waals surface area contributed by atoms with Crippen molar-refractivity contribution >= 4 is 5.69 Å². The highest BCUT2D eigenvalue weighted by Gasteiger charge is 2.01. The number of anilines is 1. The maximum Gasteiger partial charge on any atom is 0.115 e. The van der Waals surface area contributed by atoms with E-state index in [1.165, 1.54) is 6.33 Å². The van der Waals surface area contributed by atoms with Crippen LogP contribution in [0.1, 0.15) is 11.4 Å². The number of hydrogen-bond donors (Lipinski definition) is 1. The molecule has 0 bridgehead atoms. The standard InChI is InChI=1S/C9H11N5/c1-7-9(10)5-14(13-7)4-8-2-3-11-6-12-8/h2-3,5-6H,4,10H2,1H3. The Balaban J connectivity index is 2.19. The zero-order chi connectivity index (χ0) is 9.97. The summed E-state index contributed by atoms with van der Waals surface area (Å²) >= 11 is 0. The van der Waals surface area contributed by atoms with Gasteiger partial charge in [0.1, 0.15) is 6.33 Å². The number of nitrogen functional groups attached to an aromatic ring is 1. The molecule has 2 aromatic rings. The minimum atomic E-state index is 0.626. The number of rotatable bonds is 2. The normalized spacial score (nSPS) is 10.4. The average Bonchev–Trinajstić information content (AvgIpc) is 2.47. The molecule has 0 aromatic carbocycles. The molecule has 2 heterocycles. The molecule has 0 aliphatic carbocycles. The van der Waals surface area contributed by atoms with E-state index in [0.29, 0.717) is 12.2 Å². The van der Waals surface area contributed by atoms with E-state index in [1.54, 1.807) is 17.1 Å². The van der Waals surface area contributed by atoms with Crippen LogP contribution in [0.3, 0.4) is 0 Å². The molecule has 0 fully saturated rings. The van der Waals surface area contributed by atoms with Crippen molar-refractivity contribution in [2.45, 2.75) is 13.5 Å². The Morgan fingerprint density at radius 2 is 2.36 bits per heavy atom. The summed E-state index contributed by atoms with van der Waals surface area (Å²) in [6.45, 7) is 2.51. The Hall–Kier alpha value is -1.91. The third-order valence-corrected chi connectivity index (χ3v) is 1.95. The van der Waals surface area contributed by atoms with E-state index in [-0.39, 0.29) is 0 Å². The van der Waals surface area contributed by atoms with Crippen LogP contribution < -0.4 is 5.73 Å².